The number of hydrogen-bond donors (Lipinski definition) is 0. The van der Waals surface area contributed by atoms with Crippen LogP contribution in [0.3, 0.4) is 0 Å². The normalized spacial score (nSPS) is 17.3. The highest BCUT2D eigenvalue weighted by molar-refractivity contribution is 7.89. The lowest BCUT2D eigenvalue weighted by Gasteiger charge is -2.36. The van der Waals surface area contributed by atoms with Gasteiger partial charge in [0.2, 0.25) is 15.9 Å². The zero-order chi connectivity index (χ0) is 20.3. The number of sulfonamides is 1. The molecular formula is C21H24N4O3S. The minimum Gasteiger partial charge on any atom is -0.338 e. The molecule has 7 nitrogen and oxygen atoms in total. The Morgan fingerprint density at radius 2 is 1.59 bits per heavy atom. The van der Waals surface area contributed by atoms with Gasteiger partial charge in [-0.2, -0.15) is 9.29 Å². The van der Waals surface area contributed by atoms with Crippen LogP contribution in [0.15, 0.2) is 70.1 Å². The third kappa shape index (κ3) is 4.39. The third-order valence-corrected chi connectivity index (χ3v) is 7.16. The molecule has 3 aromatic rings. The molecule has 0 N–H and O–H groups in total. The Morgan fingerprint density at radius 1 is 0.966 bits per heavy atom. The van der Waals surface area contributed by atoms with E-state index in [4.69, 9.17) is 4.52 Å². The van der Waals surface area contributed by atoms with Crippen LogP contribution in [0, 0.1) is 0 Å². The van der Waals surface area contributed by atoms with Crippen molar-refractivity contribution in [1.82, 2.24) is 19.3 Å². The van der Waals surface area contributed by atoms with Crippen molar-refractivity contribution in [3.05, 3.63) is 77.9 Å². The highest BCUT2D eigenvalue weighted by atomic mass is 32.2. The number of benzene rings is 2. The Balaban J connectivity index is 1.38. The van der Waals surface area contributed by atoms with Gasteiger partial charge in [0.1, 0.15) is 0 Å². The van der Waals surface area contributed by atoms with E-state index in [9.17, 15) is 8.42 Å². The zero-order valence-electron chi connectivity index (χ0n) is 16.3. The van der Waals surface area contributed by atoms with Gasteiger partial charge in [0.25, 0.3) is 0 Å². The van der Waals surface area contributed by atoms with Gasteiger partial charge in [0.15, 0.2) is 5.82 Å². The smallest absolute Gasteiger partial charge is 0.243 e. The van der Waals surface area contributed by atoms with Crippen LogP contribution in [0.5, 0.6) is 0 Å². The second-order valence-electron chi connectivity index (χ2n) is 7.14. The maximum atomic E-state index is 12.8. The molecule has 2 heterocycles. The summed E-state index contributed by atoms with van der Waals surface area (Å²) in [4.78, 5) is 7.06. The molecule has 0 saturated carbocycles. The van der Waals surface area contributed by atoms with Gasteiger partial charge in [-0.3, -0.25) is 4.90 Å². The quantitative estimate of drug-likeness (QED) is 0.619. The van der Waals surface area contributed by atoms with E-state index in [0.717, 1.165) is 5.56 Å². The monoisotopic (exact) mass is 412 g/mol. The van der Waals surface area contributed by atoms with Gasteiger partial charge < -0.3 is 4.52 Å². The number of nitrogens with zero attached hydrogens (tertiary/aromatic N) is 4. The van der Waals surface area contributed by atoms with Crippen LogP contribution in [0.25, 0.3) is 0 Å². The van der Waals surface area contributed by atoms with Gasteiger partial charge in [0.05, 0.1) is 10.9 Å². The van der Waals surface area contributed by atoms with Gasteiger partial charge in [0, 0.05) is 32.6 Å². The first-order chi connectivity index (χ1) is 14.0. The summed E-state index contributed by atoms with van der Waals surface area (Å²) in [6.07, 6.45) is 0.625. The van der Waals surface area contributed by atoms with Crippen molar-refractivity contribution < 1.29 is 12.9 Å². The topological polar surface area (TPSA) is 79.5 Å². The van der Waals surface area contributed by atoms with Crippen LogP contribution in [-0.4, -0.2) is 53.9 Å². The predicted molar refractivity (Wildman–Crippen MR) is 109 cm³/mol. The molecule has 152 valence electrons. The third-order valence-electron chi connectivity index (χ3n) is 5.25. The Hall–Kier alpha value is -2.55. The van der Waals surface area contributed by atoms with E-state index in [2.05, 4.69) is 15.0 Å². The average molecular weight is 413 g/mol. The molecule has 0 unspecified atom stereocenters. The highest BCUT2D eigenvalue weighted by Gasteiger charge is 2.31. The summed E-state index contributed by atoms with van der Waals surface area (Å²) in [6, 6.07) is 18.5. The molecule has 1 atom stereocenters. The second kappa shape index (κ2) is 8.44. The molecular weight excluding hydrogens is 388 g/mol. The van der Waals surface area contributed by atoms with Gasteiger partial charge >= 0.3 is 0 Å². The summed E-state index contributed by atoms with van der Waals surface area (Å²) < 4.78 is 32.6. The fraction of sp³-hybridized carbons (Fsp3) is 0.333. The standard InChI is InChI=1S/C21H24N4O3S/c1-17(21-22-20(23-28-21)16-18-8-4-2-5-9-18)24-12-14-25(15-13-24)29(26,27)19-10-6-3-7-11-19/h2-11,17H,12-16H2,1H3/t17-/m1/s1. The molecule has 0 amide bonds. The van der Waals surface area contributed by atoms with Crippen molar-refractivity contribution in [3.63, 3.8) is 0 Å². The van der Waals surface area contributed by atoms with Gasteiger partial charge in [-0.15, -0.1) is 0 Å². The Bertz CT molecular complexity index is 1030. The average Bonchev–Trinajstić information content (AvgIpc) is 3.23. The maximum absolute atomic E-state index is 12.8. The number of piperazine rings is 1. The van der Waals surface area contributed by atoms with E-state index >= 15 is 0 Å². The SMILES string of the molecule is C[C@H](c1nc(Cc2ccccc2)no1)N1CCN(S(=O)(=O)c2ccccc2)CC1. The summed E-state index contributed by atoms with van der Waals surface area (Å²) in [6.45, 7) is 4.12. The van der Waals surface area contributed by atoms with Gasteiger partial charge in [-0.25, -0.2) is 8.42 Å². The molecule has 4 rings (SSSR count). The summed E-state index contributed by atoms with van der Waals surface area (Å²) >= 11 is 0. The van der Waals surface area contributed by atoms with Crippen LogP contribution < -0.4 is 0 Å². The molecule has 2 aromatic carbocycles. The fourth-order valence-corrected chi connectivity index (χ4v) is 4.96. The van der Waals surface area contributed by atoms with Crippen LogP contribution in [0.1, 0.15) is 30.2 Å². The molecule has 0 spiro atoms. The first-order valence-electron chi connectivity index (χ1n) is 9.70. The zero-order valence-corrected chi connectivity index (χ0v) is 17.1. The fourth-order valence-electron chi connectivity index (χ4n) is 3.52. The molecule has 0 radical (unpaired) electrons. The summed E-state index contributed by atoms with van der Waals surface area (Å²) in [7, 11) is -3.45. The van der Waals surface area contributed by atoms with E-state index in [1.807, 2.05) is 43.3 Å². The molecule has 1 aliphatic heterocycles. The lowest BCUT2D eigenvalue weighted by molar-refractivity contribution is 0.124. The Labute approximate surface area is 171 Å². The minimum absolute atomic E-state index is 0.0615. The minimum atomic E-state index is -3.45. The second-order valence-corrected chi connectivity index (χ2v) is 9.08. The Kier molecular flexibility index (Phi) is 5.75. The van der Waals surface area contributed by atoms with Crippen molar-refractivity contribution in [1.29, 1.82) is 0 Å². The van der Waals surface area contributed by atoms with E-state index in [0.29, 0.717) is 49.2 Å². The summed E-state index contributed by atoms with van der Waals surface area (Å²) in [5.74, 6) is 1.22. The van der Waals surface area contributed by atoms with E-state index in [1.54, 1.807) is 28.6 Å². The van der Waals surface area contributed by atoms with Crippen molar-refractivity contribution in [2.45, 2.75) is 24.3 Å². The Morgan fingerprint density at radius 3 is 2.24 bits per heavy atom. The van der Waals surface area contributed by atoms with E-state index < -0.39 is 10.0 Å². The number of rotatable bonds is 6. The van der Waals surface area contributed by atoms with E-state index in [1.165, 1.54) is 0 Å². The molecule has 1 aliphatic rings. The predicted octanol–water partition coefficient (Wildman–Crippen LogP) is 2.73. The van der Waals surface area contributed by atoms with E-state index in [-0.39, 0.29) is 6.04 Å². The van der Waals surface area contributed by atoms with Crippen LogP contribution in [-0.2, 0) is 16.4 Å². The largest absolute Gasteiger partial charge is 0.338 e. The van der Waals surface area contributed by atoms with Crippen molar-refractivity contribution in [3.8, 4) is 0 Å². The highest BCUT2D eigenvalue weighted by Crippen LogP contribution is 2.23. The maximum Gasteiger partial charge on any atom is 0.243 e. The van der Waals surface area contributed by atoms with Crippen LogP contribution >= 0.6 is 0 Å². The molecule has 0 aliphatic carbocycles. The van der Waals surface area contributed by atoms with Gasteiger partial charge in [-0.1, -0.05) is 53.7 Å². The molecule has 1 aromatic heterocycles. The van der Waals surface area contributed by atoms with Gasteiger partial charge in [-0.05, 0) is 24.6 Å². The molecule has 1 saturated heterocycles. The molecule has 29 heavy (non-hydrogen) atoms. The first-order valence-corrected chi connectivity index (χ1v) is 11.1. The number of hydrogen-bond acceptors (Lipinski definition) is 6. The first kappa shape index (κ1) is 19.8. The lowest BCUT2D eigenvalue weighted by Crippen LogP contribution is -2.49. The molecule has 8 heteroatoms. The number of aromatic nitrogens is 2. The van der Waals surface area contributed by atoms with Crippen molar-refractivity contribution in [2.24, 2.45) is 0 Å². The molecule has 0 bridgehead atoms. The molecule has 1 fully saturated rings. The summed E-state index contributed by atoms with van der Waals surface area (Å²) in [5.41, 5.74) is 1.13. The van der Waals surface area contributed by atoms with Crippen LogP contribution in [0.2, 0.25) is 0 Å². The van der Waals surface area contributed by atoms with Crippen LogP contribution in [0.4, 0.5) is 0 Å². The summed E-state index contributed by atoms with van der Waals surface area (Å²) in [5, 5.41) is 4.10. The van der Waals surface area contributed by atoms with Crippen molar-refractivity contribution >= 4 is 10.0 Å². The van der Waals surface area contributed by atoms with Crippen molar-refractivity contribution in [2.75, 3.05) is 26.2 Å². The lowest BCUT2D eigenvalue weighted by atomic mass is 10.1.